The van der Waals surface area contributed by atoms with Crippen molar-refractivity contribution in [1.29, 1.82) is 0 Å². The summed E-state index contributed by atoms with van der Waals surface area (Å²) < 4.78 is 26.6. The smallest absolute Gasteiger partial charge is 0.253 e. The number of nitroso groups, excluding NO2 is 1. The third-order valence-electron chi connectivity index (χ3n) is 6.05. The summed E-state index contributed by atoms with van der Waals surface area (Å²) in [6, 6.07) is 6.29. The number of aryl methyl sites for hydroxylation is 1. The van der Waals surface area contributed by atoms with Crippen molar-refractivity contribution < 1.29 is 18.4 Å². The van der Waals surface area contributed by atoms with Crippen LogP contribution in [0.25, 0.3) is 0 Å². The second-order valence-corrected chi connectivity index (χ2v) is 8.35. The molecule has 0 spiro atoms. The number of Topliss-reactive ketones (excluding diaryl/α,β-unsaturated/α-hetero) is 1. The van der Waals surface area contributed by atoms with Crippen molar-refractivity contribution in [2.45, 2.75) is 32.4 Å². The number of piperidine rings is 1. The molecule has 2 aromatic carbocycles. The van der Waals surface area contributed by atoms with Gasteiger partial charge in [-0.2, -0.15) is 0 Å². The Labute approximate surface area is 190 Å². The predicted octanol–water partition coefficient (Wildman–Crippen LogP) is 2.79. The van der Waals surface area contributed by atoms with Crippen LogP contribution in [-0.2, 0) is 11.3 Å². The number of ketones is 1. The van der Waals surface area contributed by atoms with E-state index >= 15 is 0 Å². The molecule has 1 unspecified atom stereocenters. The summed E-state index contributed by atoms with van der Waals surface area (Å²) in [4.78, 5) is 37.8. The maximum atomic E-state index is 13.4. The number of anilines is 1. The zero-order chi connectivity index (χ0) is 24.1. The average molecular weight is 459 g/mol. The number of hydrogen-bond acceptors (Lipinski definition) is 7. The van der Waals surface area contributed by atoms with Gasteiger partial charge in [0.15, 0.2) is 17.4 Å². The quantitative estimate of drug-likeness (QED) is 0.411. The average Bonchev–Trinajstić information content (AvgIpc) is 2.80. The first kappa shape index (κ1) is 24.4. The molecule has 1 amide bonds. The number of rotatable bonds is 8. The fourth-order valence-corrected chi connectivity index (χ4v) is 3.98. The largest absolute Gasteiger partial charge is 0.398 e. The van der Waals surface area contributed by atoms with E-state index in [0.29, 0.717) is 31.1 Å². The maximum Gasteiger partial charge on any atom is 0.253 e. The molecule has 176 valence electrons. The Balaban J connectivity index is 1.48. The SMILES string of the molecule is Cc1ccc(CN2CCC(C(N)C(=O)CNC(=O)c3cc(F)c(F)cc3N)CC2)cc1N=O. The molecule has 2 aromatic rings. The fraction of sp³-hybridized carbons (Fsp3) is 0.391. The van der Waals surface area contributed by atoms with Gasteiger partial charge in [0.1, 0.15) is 5.69 Å². The van der Waals surface area contributed by atoms with E-state index < -0.39 is 23.6 Å². The zero-order valence-corrected chi connectivity index (χ0v) is 18.3. The molecule has 0 aliphatic carbocycles. The van der Waals surface area contributed by atoms with Gasteiger partial charge in [-0.15, -0.1) is 4.91 Å². The third-order valence-corrected chi connectivity index (χ3v) is 6.05. The molecule has 1 heterocycles. The number of nitrogens with zero attached hydrogens (tertiary/aromatic N) is 2. The highest BCUT2D eigenvalue weighted by atomic mass is 19.2. The Bertz CT molecular complexity index is 1050. The van der Waals surface area contributed by atoms with Gasteiger partial charge in [0, 0.05) is 18.3 Å². The molecule has 0 saturated carbocycles. The predicted molar refractivity (Wildman–Crippen MR) is 121 cm³/mol. The summed E-state index contributed by atoms with van der Waals surface area (Å²) >= 11 is 0. The number of carbonyl (C=O) groups excluding carboxylic acids is 2. The van der Waals surface area contributed by atoms with Crippen LogP contribution in [0, 0.1) is 29.4 Å². The summed E-state index contributed by atoms with van der Waals surface area (Å²) in [6.45, 7) is 3.65. The Morgan fingerprint density at radius 3 is 2.52 bits per heavy atom. The summed E-state index contributed by atoms with van der Waals surface area (Å²) in [7, 11) is 0. The maximum absolute atomic E-state index is 13.4. The van der Waals surface area contributed by atoms with Crippen molar-refractivity contribution in [2.24, 2.45) is 16.8 Å². The molecule has 1 saturated heterocycles. The minimum atomic E-state index is -1.20. The van der Waals surface area contributed by atoms with Gasteiger partial charge < -0.3 is 16.8 Å². The minimum absolute atomic E-state index is 0.0378. The number of nitrogen functional groups attached to an aromatic ring is 1. The summed E-state index contributed by atoms with van der Waals surface area (Å²) in [6.07, 6.45) is 1.42. The molecule has 0 bridgehead atoms. The Morgan fingerprint density at radius 2 is 1.85 bits per heavy atom. The van der Waals surface area contributed by atoms with Crippen LogP contribution < -0.4 is 16.8 Å². The van der Waals surface area contributed by atoms with Crippen molar-refractivity contribution in [3.8, 4) is 0 Å². The highest BCUT2D eigenvalue weighted by Crippen LogP contribution is 2.24. The molecule has 1 atom stereocenters. The van der Waals surface area contributed by atoms with E-state index in [0.717, 1.165) is 30.3 Å². The van der Waals surface area contributed by atoms with Crippen LogP contribution in [0.3, 0.4) is 0 Å². The Kier molecular flexibility index (Phi) is 7.83. The molecular formula is C23H27F2N5O3. The van der Waals surface area contributed by atoms with Gasteiger partial charge in [0.05, 0.1) is 18.2 Å². The molecule has 0 radical (unpaired) electrons. The topological polar surface area (TPSA) is 131 Å². The molecule has 1 fully saturated rings. The molecule has 1 aliphatic heterocycles. The van der Waals surface area contributed by atoms with Crippen molar-refractivity contribution in [3.63, 3.8) is 0 Å². The number of likely N-dealkylation sites (tertiary alicyclic amines) is 1. The van der Waals surface area contributed by atoms with Gasteiger partial charge in [-0.25, -0.2) is 8.78 Å². The van der Waals surface area contributed by atoms with Gasteiger partial charge >= 0.3 is 0 Å². The molecular weight excluding hydrogens is 432 g/mol. The second kappa shape index (κ2) is 10.6. The molecule has 1 aliphatic rings. The van der Waals surface area contributed by atoms with Crippen LogP contribution in [0.2, 0.25) is 0 Å². The van der Waals surface area contributed by atoms with E-state index in [-0.39, 0.29) is 29.5 Å². The molecule has 5 N–H and O–H groups in total. The lowest BCUT2D eigenvalue weighted by Gasteiger charge is -2.34. The molecule has 10 heteroatoms. The highest BCUT2D eigenvalue weighted by Gasteiger charge is 2.29. The minimum Gasteiger partial charge on any atom is -0.398 e. The van der Waals surface area contributed by atoms with Gasteiger partial charge in [-0.3, -0.25) is 14.5 Å². The van der Waals surface area contributed by atoms with Crippen molar-refractivity contribution in [1.82, 2.24) is 10.2 Å². The summed E-state index contributed by atoms with van der Waals surface area (Å²) in [5.74, 6) is -3.51. The third kappa shape index (κ3) is 5.96. The van der Waals surface area contributed by atoms with Crippen molar-refractivity contribution in [3.05, 3.63) is 63.6 Å². The first-order valence-electron chi connectivity index (χ1n) is 10.7. The first-order valence-corrected chi connectivity index (χ1v) is 10.7. The molecule has 0 aromatic heterocycles. The van der Waals surface area contributed by atoms with Gasteiger partial charge in [0.2, 0.25) is 0 Å². The highest BCUT2D eigenvalue weighted by molar-refractivity contribution is 6.01. The Hall–Kier alpha value is -3.24. The van der Waals surface area contributed by atoms with E-state index in [4.69, 9.17) is 11.5 Å². The lowest BCUT2D eigenvalue weighted by Crippen LogP contribution is -2.47. The van der Waals surface area contributed by atoms with Crippen molar-refractivity contribution >= 4 is 23.1 Å². The number of halogens is 2. The zero-order valence-electron chi connectivity index (χ0n) is 18.3. The standard InChI is InChI=1S/C23H27F2N5O3/c1-13-2-3-14(8-20(13)29-33)12-30-6-4-15(5-7-30)22(27)21(31)11-28-23(32)16-9-17(24)18(25)10-19(16)26/h2-3,8-10,15,22H,4-7,11-12,26-27H2,1H3,(H,28,32). The van der Waals surface area contributed by atoms with E-state index in [1.165, 1.54) is 0 Å². The normalized spacial score (nSPS) is 15.8. The first-order chi connectivity index (χ1) is 15.7. The van der Waals surface area contributed by atoms with E-state index in [1.807, 2.05) is 19.1 Å². The van der Waals surface area contributed by atoms with E-state index in [1.54, 1.807) is 6.07 Å². The van der Waals surface area contributed by atoms with Crippen molar-refractivity contribution in [2.75, 3.05) is 25.4 Å². The molecule has 8 nitrogen and oxygen atoms in total. The Morgan fingerprint density at radius 1 is 1.18 bits per heavy atom. The number of amides is 1. The van der Waals surface area contributed by atoms with Gasteiger partial charge in [-0.05, 0) is 67.2 Å². The van der Waals surface area contributed by atoms with Gasteiger partial charge in [-0.1, -0.05) is 12.1 Å². The van der Waals surface area contributed by atoms with Crippen LogP contribution in [-0.4, -0.2) is 42.3 Å². The molecule has 3 rings (SSSR count). The lowest BCUT2D eigenvalue weighted by atomic mass is 9.87. The lowest BCUT2D eigenvalue weighted by molar-refractivity contribution is -0.120. The fourth-order valence-electron chi connectivity index (χ4n) is 3.98. The number of carbonyl (C=O) groups is 2. The second-order valence-electron chi connectivity index (χ2n) is 8.35. The van der Waals surface area contributed by atoms with Crippen LogP contribution in [0.15, 0.2) is 35.5 Å². The van der Waals surface area contributed by atoms with E-state index in [2.05, 4.69) is 15.4 Å². The van der Waals surface area contributed by atoms with Gasteiger partial charge in [0.25, 0.3) is 5.91 Å². The number of nitrogens with two attached hydrogens (primary N) is 2. The monoisotopic (exact) mass is 459 g/mol. The number of benzene rings is 2. The van der Waals surface area contributed by atoms with Crippen LogP contribution in [0.5, 0.6) is 0 Å². The number of nitrogens with one attached hydrogen (secondary N) is 1. The van der Waals surface area contributed by atoms with Crippen LogP contribution >= 0.6 is 0 Å². The molecule has 33 heavy (non-hydrogen) atoms. The summed E-state index contributed by atoms with van der Waals surface area (Å²) in [5, 5.41) is 5.43. The number of hydrogen-bond donors (Lipinski definition) is 3. The van der Waals surface area contributed by atoms with Crippen LogP contribution in [0.4, 0.5) is 20.2 Å². The van der Waals surface area contributed by atoms with E-state index in [9.17, 15) is 23.3 Å². The van der Waals surface area contributed by atoms with Crippen LogP contribution in [0.1, 0.15) is 34.3 Å². The summed E-state index contributed by atoms with van der Waals surface area (Å²) in [5.41, 5.74) is 13.5.